The molecule has 0 aliphatic heterocycles. The number of nitrogens with zero attached hydrogens (tertiary/aromatic N) is 1. The predicted octanol–water partition coefficient (Wildman–Crippen LogP) is 3.62. The Balaban J connectivity index is 0.000000520. The van der Waals surface area contributed by atoms with Crippen molar-refractivity contribution in [3.05, 3.63) is 84.1 Å². The van der Waals surface area contributed by atoms with Crippen molar-refractivity contribution in [2.24, 2.45) is 0 Å². The van der Waals surface area contributed by atoms with Crippen LogP contribution in [-0.2, 0) is 17.6 Å². The zero-order valence-corrected chi connectivity index (χ0v) is 18.5. The first-order valence-electron chi connectivity index (χ1n) is 10.6. The van der Waals surface area contributed by atoms with Gasteiger partial charge < -0.3 is 26.2 Å². The molecule has 0 atom stereocenters. The number of carbonyl (C=O) groups is 1. The smallest absolute Gasteiger partial charge is 0.307 e. The number of carboxylic acid groups (broad SMARTS) is 1. The molecule has 0 spiro atoms. The van der Waals surface area contributed by atoms with Gasteiger partial charge in [-0.05, 0) is 55.3 Å². The van der Waals surface area contributed by atoms with Crippen molar-refractivity contribution < 1.29 is 14.6 Å². The maximum atomic E-state index is 10.9. The highest BCUT2D eigenvalue weighted by Gasteiger charge is 2.07. The molecule has 0 fully saturated rings. The Hall–Kier alpha value is -3.58. The number of nitrogen functional groups attached to an aromatic ring is 1. The van der Waals surface area contributed by atoms with Crippen LogP contribution in [0.3, 0.4) is 0 Å². The number of hydrogen-bond acceptors (Lipinski definition) is 6. The molecule has 2 aromatic carbocycles. The summed E-state index contributed by atoms with van der Waals surface area (Å²) in [5.74, 6) is 0.462. The molecule has 5 N–H and O–H groups in total. The minimum atomic E-state index is -0.832. The summed E-state index contributed by atoms with van der Waals surface area (Å²) in [7, 11) is 1.62. The fourth-order valence-electron chi connectivity index (χ4n) is 3.05. The molecule has 0 radical (unpaired) electrons. The summed E-state index contributed by atoms with van der Waals surface area (Å²) >= 11 is 0. The van der Waals surface area contributed by atoms with Crippen molar-refractivity contribution in [3.63, 3.8) is 0 Å². The molecule has 7 nitrogen and oxygen atoms in total. The van der Waals surface area contributed by atoms with Gasteiger partial charge in [0.1, 0.15) is 11.6 Å². The van der Waals surface area contributed by atoms with Gasteiger partial charge in [-0.2, -0.15) is 0 Å². The second-order valence-corrected chi connectivity index (χ2v) is 7.09. The van der Waals surface area contributed by atoms with Gasteiger partial charge in [0.25, 0.3) is 0 Å². The molecule has 3 aromatic rings. The highest BCUT2D eigenvalue weighted by molar-refractivity contribution is 5.70. The standard InChI is InChI=1S/C19H26N4O3.C6H6/c1-26-17-6-5-14(13-18(24)25)12-15(17)7-11-21-8-3-10-22-16-4-2-9-23-19(16)20;1-2-4-6-5-3-1/h2,4-6,9,12,21-22H,3,7-8,10-11,13H2,1H3,(H2,20,23)(H,24,25);1-6H. The molecule has 32 heavy (non-hydrogen) atoms. The maximum Gasteiger partial charge on any atom is 0.307 e. The lowest BCUT2D eigenvalue weighted by atomic mass is 10.0. The second-order valence-electron chi connectivity index (χ2n) is 7.09. The quantitative estimate of drug-likeness (QED) is 0.340. The number of aliphatic carboxylic acids is 1. The highest BCUT2D eigenvalue weighted by Crippen LogP contribution is 2.20. The topological polar surface area (TPSA) is 110 Å². The number of methoxy groups -OCH3 is 1. The Labute approximate surface area is 189 Å². The molecule has 7 heteroatoms. The minimum absolute atomic E-state index is 0.0214. The predicted molar refractivity (Wildman–Crippen MR) is 129 cm³/mol. The molecule has 0 saturated carbocycles. The largest absolute Gasteiger partial charge is 0.496 e. The Morgan fingerprint density at radius 2 is 1.75 bits per heavy atom. The maximum absolute atomic E-state index is 10.9. The molecule has 1 heterocycles. The van der Waals surface area contributed by atoms with Gasteiger partial charge in [0.05, 0.1) is 19.2 Å². The van der Waals surface area contributed by atoms with Crippen molar-refractivity contribution in [2.75, 3.05) is 37.8 Å². The van der Waals surface area contributed by atoms with E-state index >= 15 is 0 Å². The molecule has 170 valence electrons. The Morgan fingerprint density at radius 1 is 1.03 bits per heavy atom. The summed E-state index contributed by atoms with van der Waals surface area (Å²) in [5.41, 5.74) is 8.43. The van der Waals surface area contributed by atoms with Gasteiger partial charge in [0, 0.05) is 12.7 Å². The zero-order valence-electron chi connectivity index (χ0n) is 18.5. The minimum Gasteiger partial charge on any atom is -0.496 e. The average molecular weight is 437 g/mol. The van der Waals surface area contributed by atoms with E-state index in [1.165, 1.54) is 0 Å². The van der Waals surface area contributed by atoms with Crippen molar-refractivity contribution in [1.82, 2.24) is 10.3 Å². The van der Waals surface area contributed by atoms with E-state index in [2.05, 4.69) is 15.6 Å². The molecule has 0 bridgehead atoms. The van der Waals surface area contributed by atoms with E-state index in [4.69, 9.17) is 15.6 Å². The molecular formula is C25H32N4O3. The van der Waals surface area contributed by atoms with Crippen molar-refractivity contribution in [2.45, 2.75) is 19.3 Å². The third-order valence-corrected chi connectivity index (χ3v) is 4.62. The van der Waals surface area contributed by atoms with E-state index in [-0.39, 0.29) is 6.42 Å². The Kier molecular flexibility index (Phi) is 11.1. The third-order valence-electron chi connectivity index (χ3n) is 4.62. The van der Waals surface area contributed by atoms with Gasteiger partial charge >= 0.3 is 5.97 Å². The fraction of sp³-hybridized carbons (Fsp3) is 0.280. The fourth-order valence-corrected chi connectivity index (χ4v) is 3.05. The van der Waals surface area contributed by atoms with E-state index in [1.807, 2.05) is 60.7 Å². The summed E-state index contributed by atoms with van der Waals surface area (Å²) in [4.78, 5) is 14.9. The average Bonchev–Trinajstić information content (AvgIpc) is 2.81. The van der Waals surface area contributed by atoms with Crippen LogP contribution in [0.2, 0.25) is 0 Å². The van der Waals surface area contributed by atoms with E-state index in [1.54, 1.807) is 19.4 Å². The number of aromatic nitrogens is 1. The number of carboxylic acids is 1. The summed E-state index contributed by atoms with van der Waals surface area (Å²) in [5, 5.41) is 15.6. The SMILES string of the molecule is COc1ccc(CC(=O)O)cc1CCNCCCNc1cccnc1N.c1ccccc1. The molecule has 1 aromatic heterocycles. The van der Waals surface area contributed by atoms with Crippen LogP contribution >= 0.6 is 0 Å². The monoisotopic (exact) mass is 436 g/mol. The third kappa shape index (κ3) is 9.49. The highest BCUT2D eigenvalue weighted by atomic mass is 16.5. The number of pyridine rings is 1. The second kappa shape index (κ2) is 14.4. The van der Waals surface area contributed by atoms with E-state index in [0.717, 1.165) is 55.0 Å². The van der Waals surface area contributed by atoms with Crippen LogP contribution in [-0.4, -0.2) is 42.8 Å². The first-order chi connectivity index (χ1) is 15.6. The van der Waals surface area contributed by atoms with Crippen LogP contribution < -0.4 is 21.1 Å². The number of rotatable bonds is 11. The van der Waals surface area contributed by atoms with Crippen LogP contribution in [0.4, 0.5) is 11.5 Å². The normalized spacial score (nSPS) is 10.0. The lowest BCUT2D eigenvalue weighted by Gasteiger charge is -2.11. The van der Waals surface area contributed by atoms with E-state index < -0.39 is 5.97 Å². The first kappa shape index (κ1) is 24.7. The first-order valence-corrected chi connectivity index (χ1v) is 10.6. The van der Waals surface area contributed by atoms with Crippen LogP contribution in [0.15, 0.2) is 72.9 Å². The molecule has 0 saturated heterocycles. The van der Waals surface area contributed by atoms with Crippen molar-refractivity contribution in [3.8, 4) is 5.75 Å². The van der Waals surface area contributed by atoms with Crippen molar-refractivity contribution >= 4 is 17.5 Å². The lowest BCUT2D eigenvalue weighted by Crippen LogP contribution is -2.21. The van der Waals surface area contributed by atoms with Crippen LogP contribution in [0.1, 0.15) is 17.5 Å². The Bertz CT molecular complexity index is 909. The van der Waals surface area contributed by atoms with Gasteiger partial charge in [-0.3, -0.25) is 4.79 Å². The molecule has 0 aliphatic carbocycles. The zero-order chi connectivity index (χ0) is 23.0. The molecule has 0 aliphatic rings. The van der Waals surface area contributed by atoms with E-state index in [0.29, 0.717) is 5.82 Å². The van der Waals surface area contributed by atoms with Gasteiger partial charge in [-0.15, -0.1) is 0 Å². The van der Waals surface area contributed by atoms with Crippen LogP contribution in [0, 0.1) is 0 Å². The van der Waals surface area contributed by atoms with E-state index in [9.17, 15) is 4.79 Å². The summed E-state index contributed by atoms with van der Waals surface area (Å²) in [6.07, 6.45) is 3.42. The summed E-state index contributed by atoms with van der Waals surface area (Å²) < 4.78 is 5.36. The number of anilines is 2. The van der Waals surface area contributed by atoms with Gasteiger partial charge in [-0.1, -0.05) is 48.5 Å². The Morgan fingerprint density at radius 3 is 2.38 bits per heavy atom. The summed E-state index contributed by atoms with van der Waals surface area (Å²) in [6, 6.07) is 21.3. The van der Waals surface area contributed by atoms with Gasteiger partial charge in [0.2, 0.25) is 0 Å². The number of benzene rings is 2. The van der Waals surface area contributed by atoms with Crippen molar-refractivity contribution in [1.29, 1.82) is 0 Å². The van der Waals surface area contributed by atoms with Crippen LogP contribution in [0.5, 0.6) is 5.75 Å². The molecule has 3 rings (SSSR count). The molecule has 0 amide bonds. The molecule has 0 unspecified atom stereocenters. The lowest BCUT2D eigenvalue weighted by molar-refractivity contribution is -0.136. The summed E-state index contributed by atoms with van der Waals surface area (Å²) in [6.45, 7) is 2.46. The van der Waals surface area contributed by atoms with Crippen LogP contribution in [0.25, 0.3) is 0 Å². The molecular weight excluding hydrogens is 404 g/mol. The van der Waals surface area contributed by atoms with Gasteiger partial charge in [-0.25, -0.2) is 4.98 Å². The number of hydrogen-bond donors (Lipinski definition) is 4. The van der Waals surface area contributed by atoms with Gasteiger partial charge in [0.15, 0.2) is 0 Å². The number of ether oxygens (including phenoxy) is 1. The number of nitrogens with one attached hydrogen (secondary N) is 2. The number of nitrogens with two attached hydrogens (primary N) is 1.